The van der Waals surface area contributed by atoms with Crippen LogP contribution in [0.15, 0.2) is 64.0 Å². The number of esters is 1. The highest BCUT2D eigenvalue weighted by atomic mass is 32.1. The predicted octanol–water partition coefficient (Wildman–Crippen LogP) is 4.73. The molecule has 0 fully saturated rings. The largest absolute Gasteiger partial charge is 0.493 e. The second-order valence-corrected chi connectivity index (χ2v) is 11.0. The van der Waals surface area contributed by atoms with Crippen LogP contribution in [-0.4, -0.2) is 44.1 Å². The Morgan fingerprint density at radius 2 is 1.86 bits per heavy atom. The zero-order valence-electron chi connectivity index (χ0n) is 25.7. The number of aromatic nitrogens is 1. The highest BCUT2D eigenvalue weighted by molar-refractivity contribution is 7.07. The first kappa shape index (κ1) is 31.6. The minimum absolute atomic E-state index is 0.0668. The van der Waals surface area contributed by atoms with Crippen molar-refractivity contribution in [2.75, 3.05) is 27.4 Å². The fourth-order valence-corrected chi connectivity index (χ4v) is 6.08. The van der Waals surface area contributed by atoms with Gasteiger partial charge < -0.3 is 23.7 Å². The lowest BCUT2D eigenvalue weighted by Crippen LogP contribution is -2.40. The number of hydrogen-bond donors (Lipinski definition) is 0. The van der Waals surface area contributed by atoms with E-state index in [4.69, 9.17) is 23.7 Å². The fraction of sp³-hybridized carbons (Fsp3) is 0.364. The molecule has 0 saturated carbocycles. The zero-order chi connectivity index (χ0) is 31.3. The number of methoxy groups -OCH3 is 2. The summed E-state index contributed by atoms with van der Waals surface area (Å²) >= 11 is 1.25. The van der Waals surface area contributed by atoms with E-state index in [-0.39, 0.29) is 23.8 Å². The van der Waals surface area contributed by atoms with Crippen LogP contribution in [0.3, 0.4) is 0 Å². The molecule has 0 N–H and O–H groups in total. The number of benzene rings is 2. The molecule has 1 atom stereocenters. The quantitative estimate of drug-likeness (QED) is 0.217. The molecule has 0 amide bonds. The van der Waals surface area contributed by atoms with E-state index in [1.54, 1.807) is 56.9 Å². The normalized spacial score (nSPS) is 14.7. The van der Waals surface area contributed by atoms with Crippen LogP contribution in [0.2, 0.25) is 0 Å². The van der Waals surface area contributed by atoms with Gasteiger partial charge in [0.25, 0.3) is 5.56 Å². The standard InChI is InChI=1S/C33H38N2O7S/c1-9-12-23-15-21(16-26(40-10-2)30(23)39-8)17-27-31(36)35-29(22-13-14-24(42-19(4)5)25(18-22)38-7)28(32(37)41-11-3)20(6)34-33(35)43-27/h9,13-19,29H,1,10-12H2,2-8H3/b27-17-/t29-/m1/s1. The van der Waals surface area contributed by atoms with Crippen molar-refractivity contribution in [3.05, 3.63) is 90.6 Å². The summed E-state index contributed by atoms with van der Waals surface area (Å²) in [6, 6.07) is 8.42. The number of thiazole rings is 1. The van der Waals surface area contributed by atoms with Gasteiger partial charge in [0.2, 0.25) is 0 Å². The van der Waals surface area contributed by atoms with E-state index < -0.39 is 12.0 Å². The van der Waals surface area contributed by atoms with Crippen molar-refractivity contribution < 1.29 is 28.5 Å². The Balaban J connectivity index is 1.95. The molecule has 0 unspecified atom stereocenters. The topological polar surface area (TPSA) is 97.6 Å². The summed E-state index contributed by atoms with van der Waals surface area (Å²) < 4.78 is 30.4. The van der Waals surface area contributed by atoms with Gasteiger partial charge in [0.1, 0.15) is 0 Å². The number of hydrogen-bond acceptors (Lipinski definition) is 9. The average Bonchev–Trinajstić information content (AvgIpc) is 3.26. The van der Waals surface area contributed by atoms with Crippen LogP contribution in [-0.2, 0) is 16.0 Å². The molecule has 9 nitrogen and oxygen atoms in total. The summed E-state index contributed by atoms with van der Waals surface area (Å²) in [6.07, 6.45) is 4.09. The van der Waals surface area contributed by atoms with E-state index in [1.807, 2.05) is 39.0 Å². The minimum Gasteiger partial charge on any atom is -0.493 e. The SMILES string of the molecule is C=CCc1cc(/C=c2\sc3n(c2=O)[C@H](c2ccc(OC(C)C)c(OC)c2)C(C(=O)OCC)=C(C)N=3)cc(OCC)c1OC. The van der Waals surface area contributed by atoms with Gasteiger partial charge in [0.15, 0.2) is 27.8 Å². The second-order valence-electron chi connectivity index (χ2n) is 10.0. The van der Waals surface area contributed by atoms with E-state index in [0.717, 1.165) is 11.1 Å². The first-order valence-corrected chi connectivity index (χ1v) is 15.0. The van der Waals surface area contributed by atoms with Crippen LogP contribution in [0.5, 0.6) is 23.0 Å². The third-order valence-corrected chi connectivity index (χ3v) is 7.69. The number of carbonyl (C=O) groups excluding carboxylic acids is 1. The van der Waals surface area contributed by atoms with Gasteiger partial charge in [-0.1, -0.05) is 23.5 Å². The Bertz CT molecular complexity index is 1730. The molecule has 3 aromatic rings. The van der Waals surface area contributed by atoms with Gasteiger partial charge in [0.05, 0.1) is 55.4 Å². The van der Waals surface area contributed by atoms with Crippen LogP contribution in [0, 0.1) is 0 Å². The van der Waals surface area contributed by atoms with Crippen molar-refractivity contribution in [1.82, 2.24) is 4.57 Å². The van der Waals surface area contributed by atoms with Gasteiger partial charge in [0, 0.05) is 5.56 Å². The predicted molar refractivity (Wildman–Crippen MR) is 167 cm³/mol. The van der Waals surface area contributed by atoms with Crippen molar-refractivity contribution >= 4 is 23.4 Å². The number of carbonyl (C=O) groups is 1. The number of ether oxygens (including phenoxy) is 5. The van der Waals surface area contributed by atoms with Crippen molar-refractivity contribution in [1.29, 1.82) is 0 Å². The maximum absolute atomic E-state index is 14.1. The van der Waals surface area contributed by atoms with Gasteiger partial charge in [-0.25, -0.2) is 9.79 Å². The van der Waals surface area contributed by atoms with Crippen molar-refractivity contribution in [2.45, 2.75) is 53.2 Å². The van der Waals surface area contributed by atoms with E-state index in [1.165, 1.54) is 11.3 Å². The molecule has 0 radical (unpaired) electrons. The van der Waals surface area contributed by atoms with Gasteiger partial charge in [-0.15, -0.1) is 6.58 Å². The molecular formula is C33H38N2O7S. The summed E-state index contributed by atoms with van der Waals surface area (Å²) in [7, 11) is 3.15. The Morgan fingerprint density at radius 3 is 2.49 bits per heavy atom. The molecule has 0 spiro atoms. The number of allylic oxidation sites excluding steroid dienone is 2. The minimum atomic E-state index is -0.786. The highest BCUT2D eigenvalue weighted by Crippen LogP contribution is 2.37. The van der Waals surface area contributed by atoms with Gasteiger partial charge in [-0.3, -0.25) is 9.36 Å². The average molecular weight is 607 g/mol. The highest BCUT2D eigenvalue weighted by Gasteiger charge is 2.34. The monoisotopic (exact) mass is 606 g/mol. The first-order valence-electron chi connectivity index (χ1n) is 14.2. The lowest BCUT2D eigenvalue weighted by molar-refractivity contribution is -0.139. The van der Waals surface area contributed by atoms with Crippen LogP contribution in [0.4, 0.5) is 0 Å². The van der Waals surface area contributed by atoms with E-state index in [0.29, 0.717) is 56.6 Å². The van der Waals surface area contributed by atoms with Gasteiger partial charge in [-0.2, -0.15) is 0 Å². The Kier molecular flexibility index (Phi) is 10.1. The smallest absolute Gasteiger partial charge is 0.338 e. The first-order chi connectivity index (χ1) is 20.7. The van der Waals surface area contributed by atoms with Gasteiger partial charge in [-0.05, 0) is 82.5 Å². The lowest BCUT2D eigenvalue weighted by atomic mass is 9.95. The number of rotatable bonds is 12. The Hall–Kier alpha value is -4.31. The van der Waals surface area contributed by atoms with Crippen LogP contribution in [0.1, 0.15) is 57.4 Å². The van der Waals surface area contributed by atoms with Crippen molar-refractivity contribution in [3.63, 3.8) is 0 Å². The fourth-order valence-electron chi connectivity index (χ4n) is 5.03. The van der Waals surface area contributed by atoms with Crippen LogP contribution < -0.4 is 33.8 Å². The number of fused-ring (bicyclic) bond motifs is 1. The van der Waals surface area contributed by atoms with Crippen LogP contribution in [0.25, 0.3) is 6.08 Å². The molecule has 0 aliphatic carbocycles. The molecule has 2 aromatic carbocycles. The molecule has 10 heteroatoms. The summed E-state index contributed by atoms with van der Waals surface area (Å²) in [5.41, 5.74) is 2.79. The zero-order valence-corrected chi connectivity index (χ0v) is 26.5. The summed E-state index contributed by atoms with van der Waals surface area (Å²) in [5, 5.41) is 0. The molecular weight excluding hydrogens is 568 g/mol. The summed E-state index contributed by atoms with van der Waals surface area (Å²) in [5.74, 6) is 1.73. The van der Waals surface area contributed by atoms with Crippen LogP contribution >= 0.6 is 11.3 Å². The van der Waals surface area contributed by atoms with E-state index in [9.17, 15) is 9.59 Å². The molecule has 0 saturated heterocycles. The van der Waals surface area contributed by atoms with E-state index >= 15 is 0 Å². The molecule has 0 bridgehead atoms. The maximum Gasteiger partial charge on any atom is 0.338 e. The lowest BCUT2D eigenvalue weighted by Gasteiger charge is -2.25. The molecule has 4 rings (SSSR count). The molecule has 1 aromatic heterocycles. The molecule has 2 heterocycles. The molecule has 1 aliphatic heterocycles. The molecule has 1 aliphatic rings. The van der Waals surface area contributed by atoms with Gasteiger partial charge >= 0.3 is 5.97 Å². The third-order valence-electron chi connectivity index (χ3n) is 6.70. The summed E-state index contributed by atoms with van der Waals surface area (Å²) in [6.45, 7) is 13.7. The maximum atomic E-state index is 14.1. The van der Waals surface area contributed by atoms with Crippen molar-refractivity contribution in [3.8, 4) is 23.0 Å². The Morgan fingerprint density at radius 1 is 1.09 bits per heavy atom. The number of nitrogens with zero attached hydrogens (tertiary/aromatic N) is 2. The summed E-state index contributed by atoms with van der Waals surface area (Å²) in [4.78, 5) is 32.6. The molecule has 43 heavy (non-hydrogen) atoms. The van der Waals surface area contributed by atoms with Crippen molar-refractivity contribution in [2.24, 2.45) is 4.99 Å². The second kappa shape index (κ2) is 13.8. The third kappa shape index (κ3) is 6.54. The van der Waals surface area contributed by atoms with E-state index in [2.05, 4.69) is 11.6 Å². The Labute approximate surface area is 255 Å². The molecule has 228 valence electrons.